The molecule has 1 amide bonds. The third kappa shape index (κ3) is 7.01. The molecule has 2 atom stereocenters. The molecule has 2 aromatic rings. The average Bonchev–Trinajstić information content (AvgIpc) is 3.19. The number of imidazole rings is 1. The smallest absolute Gasteiger partial charge is 0.407 e. The molecule has 1 aliphatic heterocycles. The number of alkyl carbamates (subject to hydrolysis) is 1. The first-order valence-corrected chi connectivity index (χ1v) is 12.6. The van der Waals surface area contributed by atoms with Gasteiger partial charge in [0.25, 0.3) is 0 Å². The van der Waals surface area contributed by atoms with Crippen molar-refractivity contribution >= 4 is 33.5 Å². The molecule has 1 saturated carbocycles. The number of ether oxygens (including phenoxy) is 1. The van der Waals surface area contributed by atoms with E-state index in [1.54, 1.807) is 31.0 Å². The highest BCUT2D eigenvalue weighted by Gasteiger charge is 2.21. The molecule has 2 aromatic heterocycles. The average molecular weight is 476 g/mol. The highest BCUT2D eigenvalue weighted by Crippen LogP contribution is 2.23. The summed E-state index contributed by atoms with van der Waals surface area (Å²) in [5, 5.41) is 6.24. The summed E-state index contributed by atoms with van der Waals surface area (Å²) in [4.78, 5) is 24.0. The van der Waals surface area contributed by atoms with E-state index in [4.69, 9.17) is 10.5 Å². The first-order chi connectivity index (χ1) is 15.6. The maximum Gasteiger partial charge on any atom is 0.407 e. The molecule has 4 rings (SSSR count). The van der Waals surface area contributed by atoms with Crippen LogP contribution >= 0.6 is 0 Å². The largest absolute Gasteiger partial charge is 0.444 e. The van der Waals surface area contributed by atoms with E-state index < -0.39 is 16.4 Å². The molecule has 3 heterocycles. The SMILES string of the molecule is CC(C)(C)OC(=O)NC1CCCCC1.CS(=O)C1=NC(c2cnc3c(N)nccn23)C=CN1. The number of amidine groups is 1. The van der Waals surface area contributed by atoms with Gasteiger partial charge in [-0.1, -0.05) is 19.3 Å². The number of nitrogens with one attached hydrogen (secondary N) is 2. The van der Waals surface area contributed by atoms with Crippen molar-refractivity contribution < 1.29 is 13.7 Å². The fourth-order valence-electron chi connectivity index (χ4n) is 3.64. The van der Waals surface area contributed by atoms with Gasteiger partial charge in [-0.3, -0.25) is 8.61 Å². The zero-order chi connectivity index (χ0) is 24.0. The second kappa shape index (κ2) is 10.8. The number of nitrogen functional groups attached to an aromatic ring is 1. The summed E-state index contributed by atoms with van der Waals surface area (Å²) in [5.41, 5.74) is 6.82. The molecule has 11 heteroatoms. The van der Waals surface area contributed by atoms with Crippen molar-refractivity contribution in [2.24, 2.45) is 4.99 Å². The molecule has 4 N–H and O–H groups in total. The van der Waals surface area contributed by atoms with E-state index in [0.717, 1.165) is 18.5 Å². The van der Waals surface area contributed by atoms with Crippen LogP contribution in [0.25, 0.3) is 5.65 Å². The first kappa shape index (κ1) is 24.7. The van der Waals surface area contributed by atoms with Crippen molar-refractivity contribution in [3.63, 3.8) is 0 Å². The van der Waals surface area contributed by atoms with Crippen LogP contribution in [0.15, 0.2) is 35.9 Å². The minimum atomic E-state index is -1.15. The molecule has 0 bridgehead atoms. The Bertz CT molecular complexity index is 1050. The highest BCUT2D eigenvalue weighted by molar-refractivity contribution is 7.99. The van der Waals surface area contributed by atoms with E-state index in [-0.39, 0.29) is 12.1 Å². The number of carbonyl (C=O) groups is 1. The molecular formula is C22H33N7O3S. The normalized spacial score (nSPS) is 19.6. The van der Waals surface area contributed by atoms with Gasteiger partial charge in [-0.25, -0.2) is 19.8 Å². The van der Waals surface area contributed by atoms with Gasteiger partial charge in [-0.15, -0.1) is 0 Å². The number of nitrogens with two attached hydrogens (primary N) is 1. The topological polar surface area (TPSA) is 136 Å². The summed E-state index contributed by atoms with van der Waals surface area (Å²) in [5.74, 6) is 0.370. The molecule has 2 aliphatic rings. The molecule has 0 aromatic carbocycles. The second-order valence-electron chi connectivity index (χ2n) is 9.01. The number of nitrogens with zero attached hydrogens (tertiary/aromatic N) is 4. The molecule has 0 saturated heterocycles. The Kier molecular flexibility index (Phi) is 8.06. The fraction of sp³-hybridized carbons (Fsp3) is 0.545. The predicted molar refractivity (Wildman–Crippen MR) is 130 cm³/mol. The van der Waals surface area contributed by atoms with Crippen molar-refractivity contribution in [3.8, 4) is 0 Å². The van der Waals surface area contributed by atoms with E-state index in [1.807, 2.05) is 31.2 Å². The van der Waals surface area contributed by atoms with E-state index >= 15 is 0 Å². The maximum atomic E-state index is 11.5. The molecule has 2 unspecified atom stereocenters. The van der Waals surface area contributed by atoms with Gasteiger partial charge in [0, 0.05) is 30.9 Å². The molecule has 1 fully saturated rings. The number of aliphatic imine (C=N–C) groups is 1. The number of fused-ring (bicyclic) bond motifs is 1. The summed E-state index contributed by atoms with van der Waals surface area (Å²) in [6.45, 7) is 5.65. The van der Waals surface area contributed by atoms with Crippen LogP contribution in [-0.2, 0) is 15.5 Å². The lowest BCUT2D eigenvalue weighted by atomic mass is 9.96. The third-order valence-corrected chi connectivity index (χ3v) is 5.89. The van der Waals surface area contributed by atoms with Crippen molar-refractivity contribution in [2.75, 3.05) is 12.0 Å². The minimum Gasteiger partial charge on any atom is -0.444 e. The van der Waals surface area contributed by atoms with Gasteiger partial charge in [0.2, 0.25) is 0 Å². The molecular weight excluding hydrogens is 442 g/mol. The van der Waals surface area contributed by atoms with Crippen LogP contribution in [0.5, 0.6) is 0 Å². The fourth-order valence-corrected chi connectivity index (χ4v) is 4.13. The Labute approximate surface area is 196 Å². The Morgan fingerprint density at radius 1 is 1.27 bits per heavy atom. The molecule has 0 radical (unpaired) electrons. The van der Waals surface area contributed by atoms with Crippen LogP contribution < -0.4 is 16.4 Å². The number of anilines is 1. The number of carbonyl (C=O) groups excluding carboxylic acids is 1. The Morgan fingerprint density at radius 2 is 2.00 bits per heavy atom. The van der Waals surface area contributed by atoms with Crippen molar-refractivity contribution in [1.29, 1.82) is 0 Å². The van der Waals surface area contributed by atoms with Gasteiger partial charge in [-0.05, 0) is 39.7 Å². The van der Waals surface area contributed by atoms with Crippen molar-refractivity contribution in [2.45, 2.75) is 70.6 Å². The quantitative estimate of drug-likeness (QED) is 0.607. The zero-order valence-corrected chi connectivity index (χ0v) is 20.4. The van der Waals surface area contributed by atoms with Crippen LogP contribution in [-0.4, -0.2) is 47.7 Å². The standard InChI is InChI=1S/C11H12N6OS.C11H21NO2/c1-19(18)11-14-3-2-7(16-11)8-6-15-10-9(12)13-4-5-17(8)10;1-11(2,3)14-10(13)12-9-7-5-4-6-8-9/h2-7H,1H3,(H2,12,13)(H,14,16);9H,4-8H2,1-3H3,(H,12,13). The molecule has 10 nitrogen and oxygen atoms in total. The Balaban J connectivity index is 0.000000196. The van der Waals surface area contributed by atoms with Crippen LogP contribution in [0.4, 0.5) is 10.6 Å². The van der Waals surface area contributed by atoms with E-state index in [2.05, 4.69) is 25.6 Å². The van der Waals surface area contributed by atoms with Crippen LogP contribution in [0.3, 0.4) is 0 Å². The molecule has 0 spiro atoms. The Hall–Kier alpha value is -2.95. The minimum absolute atomic E-state index is 0.239. The van der Waals surface area contributed by atoms with Crippen LogP contribution in [0.1, 0.15) is 64.6 Å². The van der Waals surface area contributed by atoms with E-state index in [1.165, 1.54) is 19.3 Å². The lowest BCUT2D eigenvalue weighted by molar-refractivity contribution is 0.0493. The van der Waals surface area contributed by atoms with Crippen molar-refractivity contribution in [1.82, 2.24) is 25.0 Å². The number of rotatable bonds is 2. The highest BCUT2D eigenvalue weighted by atomic mass is 32.2. The van der Waals surface area contributed by atoms with Gasteiger partial charge in [-0.2, -0.15) is 0 Å². The van der Waals surface area contributed by atoms with E-state index in [9.17, 15) is 9.00 Å². The van der Waals surface area contributed by atoms with Gasteiger partial charge < -0.3 is 21.1 Å². The maximum absolute atomic E-state index is 11.5. The number of hydrogen-bond donors (Lipinski definition) is 3. The van der Waals surface area contributed by atoms with Gasteiger partial charge in [0.05, 0.1) is 22.7 Å². The van der Waals surface area contributed by atoms with E-state index in [0.29, 0.717) is 22.7 Å². The first-order valence-electron chi connectivity index (χ1n) is 11.1. The van der Waals surface area contributed by atoms with Crippen molar-refractivity contribution in [3.05, 3.63) is 36.6 Å². The predicted octanol–water partition coefficient (Wildman–Crippen LogP) is 3.05. The number of hydrogen-bond acceptors (Lipinski definition) is 8. The lowest BCUT2D eigenvalue weighted by Gasteiger charge is -2.25. The summed E-state index contributed by atoms with van der Waals surface area (Å²) in [7, 11) is -1.15. The summed E-state index contributed by atoms with van der Waals surface area (Å²) in [6.07, 6.45) is 15.9. The molecule has 1 aliphatic carbocycles. The van der Waals surface area contributed by atoms with Crippen LogP contribution in [0.2, 0.25) is 0 Å². The lowest BCUT2D eigenvalue weighted by Crippen LogP contribution is -2.39. The van der Waals surface area contributed by atoms with Gasteiger partial charge in [0.1, 0.15) is 11.6 Å². The van der Waals surface area contributed by atoms with Gasteiger partial charge in [0.15, 0.2) is 16.6 Å². The Morgan fingerprint density at radius 3 is 2.67 bits per heavy atom. The second-order valence-corrected chi connectivity index (χ2v) is 10.3. The molecule has 180 valence electrons. The molecule has 33 heavy (non-hydrogen) atoms. The number of amides is 1. The third-order valence-electron chi connectivity index (χ3n) is 5.13. The summed E-state index contributed by atoms with van der Waals surface area (Å²) in [6, 6.07) is 0.0931. The summed E-state index contributed by atoms with van der Waals surface area (Å²) >= 11 is 0. The summed E-state index contributed by atoms with van der Waals surface area (Å²) < 4.78 is 18.5. The van der Waals surface area contributed by atoms with Gasteiger partial charge >= 0.3 is 6.09 Å². The number of aromatic nitrogens is 3. The van der Waals surface area contributed by atoms with Crippen LogP contribution in [0, 0.1) is 0 Å². The zero-order valence-electron chi connectivity index (χ0n) is 19.6. The monoisotopic (exact) mass is 475 g/mol.